The number of fused-ring (bicyclic) bond motifs is 1. The molecule has 1 saturated carbocycles. The van der Waals surface area contributed by atoms with E-state index < -0.39 is 0 Å². The lowest BCUT2D eigenvalue weighted by atomic mass is 10.2. The highest BCUT2D eigenvalue weighted by molar-refractivity contribution is 6.05. The predicted molar refractivity (Wildman–Crippen MR) is 111 cm³/mol. The zero-order valence-electron chi connectivity index (χ0n) is 16.5. The van der Waals surface area contributed by atoms with E-state index in [2.05, 4.69) is 31.0 Å². The molecule has 4 aromatic rings. The van der Waals surface area contributed by atoms with Crippen LogP contribution in [0.3, 0.4) is 0 Å². The fourth-order valence-electron chi connectivity index (χ4n) is 3.57. The van der Waals surface area contributed by atoms with Crippen LogP contribution in [0.5, 0.6) is 0 Å². The van der Waals surface area contributed by atoms with Crippen LogP contribution >= 0.6 is 0 Å². The number of carbonyl (C=O) groups excluding carboxylic acids is 1. The van der Waals surface area contributed by atoms with Crippen molar-refractivity contribution in [1.82, 2.24) is 24.3 Å². The minimum absolute atomic E-state index is 0.188. The smallest absolute Gasteiger partial charge is 0.257 e. The van der Waals surface area contributed by atoms with Gasteiger partial charge in [0, 0.05) is 23.6 Å². The van der Waals surface area contributed by atoms with Gasteiger partial charge in [-0.2, -0.15) is 5.10 Å². The van der Waals surface area contributed by atoms with Gasteiger partial charge in [0.05, 0.1) is 24.1 Å². The van der Waals surface area contributed by atoms with Crippen molar-refractivity contribution in [2.75, 3.05) is 5.32 Å². The third kappa shape index (κ3) is 3.51. The largest absolute Gasteiger partial charge is 0.322 e. The molecule has 1 aliphatic rings. The summed E-state index contributed by atoms with van der Waals surface area (Å²) in [7, 11) is 0. The summed E-state index contributed by atoms with van der Waals surface area (Å²) in [5.41, 5.74) is 6.12. The normalized spacial score (nSPS) is 13.7. The Kier molecular flexibility index (Phi) is 4.16. The van der Waals surface area contributed by atoms with Crippen molar-refractivity contribution in [2.24, 2.45) is 0 Å². The molecule has 3 aromatic heterocycles. The molecule has 7 nitrogen and oxygen atoms in total. The van der Waals surface area contributed by atoms with E-state index in [4.69, 9.17) is 0 Å². The molecule has 0 spiro atoms. The summed E-state index contributed by atoms with van der Waals surface area (Å²) in [5.74, 6) is -0.188. The van der Waals surface area contributed by atoms with Gasteiger partial charge in [0.15, 0.2) is 5.65 Å². The number of aryl methyl sites for hydroxylation is 2. The van der Waals surface area contributed by atoms with Crippen molar-refractivity contribution in [3.05, 3.63) is 71.4 Å². The number of nitrogens with one attached hydrogen (secondary N) is 1. The van der Waals surface area contributed by atoms with Crippen molar-refractivity contribution < 1.29 is 4.79 Å². The lowest BCUT2D eigenvalue weighted by Crippen LogP contribution is -2.12. The number of hydrogen-bond acceptors (Lipinski definition) is 4. The molecule has 0 saturated heterocycles. The van der Waals surface area contributed by atoms with Gasteiger partial charge in [0.1, 0.15) is 5.52 Å². The Hall–Kier alpha value is -3.48. The van der Waals surface area contributed by atoms with Crippen molar-refractivity contribution >= 4 is 22.8 Å². The summed E-state index contributed by atoms with van der Waals surface area (Å²) in [6.45, 7) is 4.75. The first-order valence-corrected chi connectivity index (χ1v) is 9.81. The number of rotatable bonds is 5. The third-order valence-electron chi connectivity index (χ3n) is 5.26. The first kappa shape index (κ1) is 17.6. The van der Waals surface area contributed by atoms with E-state index in [0.717, 1.165) is 33.8 Å². The molecule has 1 amide bonds. The van der Waals surface area contributed by atoms with Gasteiger partial charge in [0.25, 0.3) is 5.91 Å². The average Bonchev–Trinajstić information content (AvgIpc) is 3.39. The van der Waals surface area contributed by atoms with Gasteiger partial charge in [-0.05, 0) is 56.5 Å². The van der Waals surface area contributed by atoms with Crippen molar-refractivity contribution in [3.8, 4) is 0 Å². The van der Waals surface area contributed by atoms with Crippen molar-refractivity contribution in [2.45, 2.75) is 39.3 Å². The molecule has 3 heterocycles. The van der Waals surface area contributed by atoms with E-state index in [1.165, 1.54) is 12.8 Å². The van der Waals surface area contributed by atoms with Gasteiger partial charge in [-0.1, -0.05) is 12.1 Å². The Balaban J connectivity index is 1.29. The van der Waals surface area contributed by atoms with Crippen LogP contribution in [0.1, 0.15) is 46.2 Å². The number of hydrogen-bond donors (Lipinski definition) is 1. The number of amides is 1. The molecular weight excluding hydrogens is 364 g/mol. The van der Waals surface area contributed by atoms with Crippen LogP contribution in [0.2, 0.25) is 0 Å². The molecule has 1 aromatic carbocycles. The molecule has 0 unspecified atom stereocenters. The Morgan fingerprint density at radius 2 is 1.93 bits per heavy atom. The first-order chi connectivity index (χ1) is 14.1. The Labute approximate surface area is 168 Å². The van der Waals surface area contributed by atoms with Crippen LogP contribution in [0.15, 0.2) is 48.9 Å². The molecule has 29 heavy (non-hydrogen) atoms. The highest BCUT2D eigenvalue weighted by Gasteiger charge is 2.25. The first-order valence-electron chi connectivity index (χ1n) is 9.81. The Morgan fingerprint density at radius 3 is 2.62 bits per heavy atom. The number of carbonyl (C=O) groups is 1. The summed E-state index contributed by atoms with van der Waals surface area (Å²) in [5, 5.41) is 7.43. The molecule has 0 bridgehead atoms. The number of benzene rings is 1. The fraction of sp³-hybridized carbons (Fsp3) is 0.273. The standard InChI is InChI=1S/C22H22N6O/c1-14-9-15(2)28(26-14)12-16-3-5-18(6-4-16)25-22(29)17-10-20-21(23-11-17)27(13-24-20)19-7-8-19/h3-6,9-11,13,19H,7-8,12H2,1-2H3,(H,25,29). The Bertz CT molecular complexity index is 1200. The quantitative estimate of drug-likeness (QED) is 0.565. The monoisotopic (exact) mass is 386 g/mol. The molecular formula is C22H22N6O. The summed E-state index contributed by atoms with van der Waals surface area (Å²) in [6.07, 6.45) is 5.78. The van der Waals surface area contributed by atoms with Crippen LogP contribution in [-0.2, 0) is 6.54 Å². The van der Waals surface area contributed by atoms with Crippen molar-refractivity contribution in [1.29, 1.82) is 0 Å². The van der Waals surface area contributed by atoms with E-state index in [9.17, 15) is 4.79 Å². The van der Waals surface area contributed by atoms with Gasteiger partial charge in [-0.25, -0.2) is 9.97 Å². The number of pyridine rings is 1. The van der Waals surface area contributed by atoms with Crippen LogP contribution < -0.4 is 5.32 Å². The van der Waals surface area contributed by atoms with Crippen LogP contribution in [0.4, 0.5) is 5.69 Å². The highest BCUT2D eigenvalue weighted by Crippen LogP contribution is 2.36. The van der Waals surface area contributed by atoms with Gasteiger partial charge in [-0.3, -0.25) is 9.48 Å². The lowest BCUT2D eigenvalue weighted by molar-refractivity contribution is 0.102. The third-order valence-corrected chi connectivity index (χ3v) is 5.26. The van der Waals surface area contributed by atoms with Crippen molar-refractivity contribution in [3.63, 3.8) is 0 Å². The maximum atomic E-state index is 12.6. The van der Waals surface area contributed by atoms with E-state index in [0.29, 0.717) is 18.2 Å². The number of aromatic nitrogens is 5. The van der Waals surface area contributed by atoms with Gasteiger partial charge >= 0.3 is 0 Å². The summed E-state index contributed by atoms with van der Waals surface area (Å²) >= 11 is 0. The van der Waals surface area contributed by atoms with E-state index >= 15 is 0 Å². The van der Waals surface area contributed by atoms with E-state index in [-0.39, 0.29) is 5.91 Å². The average molecular weight is 386 g/mol. The topological polar surface area (TPSA) is 77.6 Å². The second-order valence-electron chi connectivity index (χ2n) is 7.69. The summed E-state index contributed by atoms with van der Waals surface area (Å²) in [4.78, 5) is 21.5. The molecule has 1 aliphatic carbocycles. The molecule has 0 radical (unpaired) electrons. The molecule has 0 atom stereocenters. The number of imidazole rings is 1. The predicted octanol–water partition coefficient (Wildman–Crippen LogP) is 3.88. The second-order valence-corrected chi connectivity index (χ2v) is 7.69. The number of nitrogens with zero attached hydrogens (tertiary/aromatic N) is 5. The van der Waals surface area contributed by atoms with E-state index in [1.807, 2.05) is 49.1 Å². The van der Waals surface area contributed by atoms with Gasteiger partial charge in [0.2, 0.25) is 0 Å². The molecule has 7 heteroatoms. The number of anilines is 1. The van der Waals surface area contributed by atoms with Gasteiger partial charge < -0.3 is 9.88 Å². The van der Waals surface area contributed by atoms with Crippen LogP contribution in [0, 0.1) is 13.8 Å². The molecule has 1 fully saturated rings. The minimum Gasteiger partial charge on any atom is -0.322 e. The van der Waals surface area contributed by atoms with Crippen LogP contribution in [0.25, 0.3) is 11.2 Å². The lowest BCUT2D eigenvalue weighted by Gasteiger charge is -2.08. The summed E-state index contributed by atoms with van der Waals surface area (Å²) in [6, 6.07) is 12.2. The fourth-order valence-corrected chi connectivity index (χ4v) is 3.57. The molecule has 146 valence electrons. The van der Waals surface area contributed by atoms with Gasteiger partial charge in [-0.15, -0.1) is 0 Å². The minimum atomic E-state index is -0.188. The molecule has 5 rings (SSSR count). The highest BCUT2D eigenvalue weighted by atomic mass is 16.1. The second kappa shape index (κ2) is 6.84. The molecule has 0 aliphatic heterocycles. The van der Waals surface area contributed by atoms with E-state index in [1.54, 1.807) is 12.3 Å². The van der Waals surface area contributed by atoms with Crippen LogP contribution in [-0.4, -0.2) is 30.2 Å². The summed E-state index contributed by atoms with van der Waals surface area (Å²) < 4.78 is 4.07. The SMILES string of the molecule is Cc1cc(C)n(Cc2ccc(NC(=O)c3cnc4c(c3)ncn4C3CC3)cc2)n1. The zero-order chi connectivity index (χ0) is 20.0. The molecule has 1 N–H and O–H groups in total. The zero-order valence-corrected chi connectivity index (χ0v) is 16.5. The Morgan fingerprint density at radius 1 is 1.14 bits per heavy atom. The maximum Gasteiger partial charge on any atom is 0.257 e. The maximum absolute atomic E-state index is 12.6.